The van der Waals surface area contributed by atoms with E-state index < -0.39 is 6.36 Å². The molecular formula is C11H10F3N3O2. The minimum Gasteiger partial charge on any atom is -0.406 e. The van der Waals surface area contributed by atoms with E-state index in [0.29, 0.717) is 5.56 Å². The molecule has 1 aromatic heterocycles. The summed E-state index contributed by atoms with van der Waals surface area (Å²) in [5.41, 5.74) is 0.353. The first kappa shape index (κ1) is 13.2. The highest BCUT2D eigenvalue weighted by molar-refractivity contribution is 5.27. The number of hydrogen-bond acceptors (Lipinski definition) is 3. The second-order valence-electron chi connectivity index (χ2n) is 3.87. The van der Waals surface area contributed by atoms with Crippen molar-refractivity contribution in [2.24, 2.45) is 7.05 Å². The van der Waals surface area contributed by atoms with E-state index >= 15 is 0 Å². The van der Waals surface area contributed by atoms with Gasteiger partial charge in [0, 0.05) is 7.05 Å². The van der Waals surface area contributed by atoms with Crippen molar-refractivity contribution in [1.82, 2.24) is 14.3 Å². The maximum absolute atomic E-state index is 12.0. The molecule has 19 heavy (non-hydrogen) atoms. The number of aryl methyl sites for hydroxylation is 1. The molecule has 0 fully saturated rings. The first-order valence-corrected chi connectivity index (χ1v) is 5.28. The Morgan fingerprint density at radius 1 is 1.26 bits per heavy atom. The van der Waals surface area contributed by atoms with Crippen molar-refractivity contribution < 1.29 is 17.9 Å². The van der Waals surface area contributed by atoms with Crippen molar-refractivity contribution >= 4 is 0 Å². The standard InChI is InChI=1S/C11H10F3N3O2/c1-16-7-15-17(10(16)18)6-8-2-4-9(5-3-8)19-11(12,13)14/h2-5,7H,6H2,1H3. The second kappa shape index (κ2) is 4.79. The molecule has 0 atom stereocenters. The van der Waals surface area contributed by atoms with Gasteiger partial charge in [-0.1, -0.05) is 12.1 Å². The Labute approximate surface area is 105 Å². The van der Waals surface area contributed by atoms with Gasteiger partial charge in [-0.3, -0.25) is 4.57 Å². The van der Waals surface area contributed by atoms with Crippen molar-refractivity contribution in [2.75, 3.05) is 0 Å². The predicted octanol–water partition coefficient (Wildman–Crippen LogP) is 1.53. The van der Waals surface area contributed by atoms with Crippen molar-refractivity contribution in [3.63, 3.8) is 0 Å². The van der Waals surface area contributed by atoms with Gasteiger partial charge >= 0.3 is 12.1 Å². The van der Waals surface area contributed by atoms with Crippen LogP contribution in [0.4, 0.5) is 13.2 Å². The van der Waals surface area contributed by atoms with Crippen LogP contribution in [-0.4, -0.2) is 20.7 Å². The summed E-state index contributed by atoms with van der Waals surface area (Å²) in [4.78, 5) is 11.5. The molecule has 2 rings (SSSR count). The second-order valence-corrected chi connectivity index (χ2v) is 3.87. The first-order chi connectivity index (χ1) is 8.85. The normalized spacial score (nSPS) is 11.6. The van der Waals surface area contributed by atoms with Crippen LogP contribution in [0.3, 0.4) is 0 Å². The summed E-state index contributed by atoms with van der Waals surface area (Å²) >= 11 is 0. The molecule has 0 aliphatic carbocycles. The minimum absolute atomic E-state index is 0.186. The van der Waals surface area contributed by atoms with Crippen molar-refractivity contribution in [3.05, 3.63) is 46.6 Å². The van der Waals surface area contributed by atoms with E-state index in [1.54, 1.807) is 7.05 Å². The molecule has 1 aromatic carbocycles. The van der Waals surface area contributed by atoms with Gasteiger partial charge < -0.3 is 4.74 Å². The molecular weight excluding hydrogens is 263 g/mol. The summed E-state index contributed by atoms with van der Waals surface area (Å²) in [5.74, 6) is -0.301. The lowest BCUT2D eigenvalue weighted by atomic mass is 10.2. The monoisotopic (exact) mass is 273 g/mol. The van der Waals surface area contributed by atoms with Gasteiger partial charge in [0.15, 0.2) is 0 Å². The van der Waals surface area contributed by atoms with Crippen molar-refractivity contribution in [3.8, 4) is 5.75 Å². The topological polar surface area (TPSA) is 49.0 Å². The van der Waals surface area contributed by atoms with Crippen LogP contribution in [0.1, 0.15) is 5.56 Å². The smallest absolute Gasteiger partial charge is 0.406 e. The van der Waals surface area contributed by atoms with Crippen LogP contribution in [0.25, 0.3) is 0 Å². The molecule has 1 heterocycles. The molecule has 0 amide bonds. The highest BCUT2D eigenvalue weighted by Crippen LogP contribution is 2.22. The summed E-state index contributed by atoms with van der Waals surface area (Å²) in [5, 5.41) is 3.85. The Morgan fingerprint density at radius 2 is 1.89 bits per heavy atom. The summed E-state index contributed by atoms with van der Waals surface area (Å²) in [6.45, 7) is 0.186. The third-order valence-corrected chi connectivity index (χ3v) is 2.38. The number of alkyl halides is 3. The maximum Gasteiger partial charge on any atom is 0.573 e. The molecule has 0 aliphatic heterocycles. The highest BCUT2D eigenvalue weighted by atomic mass is 19.4. The zero-order valence-corrected chi connectivity index (χ0v) is 9.89. The van der Waals surface area contributed by atoms with Crippen LogP contribution >= 0.6 is 0 Å². The molecule has 0 saturated heterocycles. The third kappa shape index (κ3) is 3.36. The number of rotatable bonds is 3. The number of ether oxygens (including phenoxy) is 1. The average Bonchev–Trinajstić information content (AvgIpc) is 2.62. The zero-order valence-electron chi connectivity index (χ0n) is 9.89. The van der Waals surface area contributed by atoms with Crippen molar-refractivity contribution in [2.45, 2.75) is 12.9 Å². The van der Waals surface area contributed by atoms with E-state index in [-0.39, 0.29) is 18.0 Å². The van der Waals surface area contributed by atoms with Gasteiger partial charge in [-0.05, 0) is 17.7 Å². The maximum atomic E-state index is 12.0. The molecule has 8 heteroatoms. The van der Waals surface area contributed by atoms with Gasteiger partial charge in [0.05, 0.1) is 6.54 Å². The molecule has 0 bridgehead atoms. The Bertz CT molecular complexity index is 613. The lowest BCUT2D eigenvalue weighted by Crippen LogP contribution is -2.23. The van der Waals surface area contributed by atoms with Crippen LogP contribution in [0, 0.1) is 0 Å². The SMILES string of the molecule is Cn1cnn(Cc2ccc(OC(F)(F)F)cc2)c1=O. The van der Waals surface area contributed by atoms with Crippen LogP contribution < -0.4 is 10.4 Å². The number of benzene rings is 1. The van der Waals surface area contributed by atoms with Crippen LogP contribution in [0.15, 0.2) is 35.4 Å². The van der Waals surface area contributed by atoms with Crippen LogP contribution in [0.5, 0.6) is 5.75 Å². The molecule has 0 N–H and O–H groups in total. The molecule has 2 aromatic rings. The third-order valence-electron chi connectivity index (χ3n) is 2.38. The van der Waals surface area contributed by atoms with Gasteiger partial charge in [0.25, 0.3) is 0 Å². The van der Waals surface area contributed by atoms with E-state index in [1.807, 2.05) is 0 Å². The lowest BCUT2D eigenvalue weighted by molar-refractivity contribution is -0.274. The number of halogens is 3. The largest absolute Gasteiger partial charge is 0.573 e. The Hall–Kier alpha value is -2.25. The highest BCUT2D eigenvalue weighted by Gasteiger charge is 2.30. The number of nitrogens with zero attached hydrogens (tertiary/aromatic N) is 3. The minimum atomic E-state index is -4.71. The van der Waals surface area contributed by atoms with Gasteiger partial charge in [0.2, 0.25) is 0 Å². The fourth-order valence-corrected chi connectivity index (χ4v) is 1.50. The average molecular weight is 273 g/mol. The summed E-state index contributed by atoms with van der Waals surface area (Å²) in [6.07, 6.45) is -3.34. The van der Waals surface area contributed by atoms with E-state index in [9.17, 15) is 18.0 Å². The van der Waals surface area contributed by atoms with Crippen molar-refractivity contribution in [1.29, 1.82) is 0 Å². The lowest BCUT2D eigenvalue weighted by Gasteiger charge is -2.09. The molecule has 0 unspecified atom stereocenters. The van der Waals surface area contributed by atoms with Gasteiger partial charge in [-0.15, -0.1) is 13.2 Å². The van der Waals surface area contributed by atoms with Gasteiger partial charge in [0.1, 0.15) is 12.1 Å². The fraction of sp³-hybridized carbons (Fsp3) is 0.273. The van der Waals surface area contributed by atoms with Gasteiger partial charge in [-0.2, -0.15) is 5.10 Å². The molecule has 0 radical (unpaired) electrons. The summed E-state index contributed by atoms with van der Waals surface area (Å²) in [6, 6.07) is 5.28. The Morgan fingerprint density at radius 3 is 2.37 bits per heavy atom. The first-order valence-electron chi connectivity index (χ1n) is 5.28. The van der Waals surface area contributed by atoms with Gasteiger partial charge in [-0.25, -0.2) is 9.48 Å². The predicted molar refractivity (Wildman–Crippen MR) is 59.7 cm³/mol. The molecule has 0 saturated carbocycles. The number of hydrogen-bond donors (Lipinski definition) is 0. The molecule has 0 aliphatic rings. The van der Waals surface area contributed by atoms with E-state index in [0.717, 1.165) is 0 Å². The quantitative estimate of drug-likeness (QED) is 0.852. The number of aromatic nitrogens is 3. The van der Waals surface area contributed by atoms with E-state index in [2.05, 4.69) is 9.84 Å². The molecule has 0 spiro atoms. The molecule has 5 nitrogen and oxygen atoms in total. The van der Waals surface area contributed by atoms with Crippen LogP contribution in [0.2, 0.25) is 0 Å². The molecule has 102 valence electrons. The summed E-state index contributed by atoms with van der Waals surface area (Å²) < 4.78 is 42.2. The summed E-state index contributed by atoms with van der Waals surface area (Å²) in [7, 11) is 1.56. The van der Waals surface area contributed by atoms with Crippen LogP contribution in [-0.2, 0) is 13.6 Å². The fourth-order valence-electron chi connectivity index (χ4n) is 1.50. The van der Waals surface area contributed by atoms with E-state index in [4.69, 9.17) is 0 Å². The zero-order chi connectivity index (χ0) is 14.0. The van der Waals surface area contributed by atoms with E-state index in [1.165, 1.54) is 39.8 Å². The Balaban J connectivity index is 2.11. The Kier molecular flexibility index (Phi) is 3.32.